The number of aliphatic hydroxyl groups excluding tert-OH is 1. The lowest BCUT2D eigenvalue weighted by Gasteiger charge is -2.11. The van der Waals surface area contributed by atoms with Crippen LogP contribution in [0.1, 0.15) is 46.0 Å². The first-order chi connectivity index (χ1) is 7.58. The predicted octanol–water partition coefficient (Wildman–Crippen LogP) is 1.22. The van der Waals surface area contributed by atoms with Gasteiger partial charge in [0.05, 0.1) is 18.3 Å². The summed E-state index contributed by atoms with van der Waals surface area (Å²) in [6.45, 7) is 4.35. The van der Waals surface area contributed by atoms with Crippen molar-refractivity contribution in [2.75, 3.05) is 6.54 Å². The number of rotatable bonds is 6. The molecular formula is C12H23NO3. The molecule has 0 saturated carbocycles. The van der Waals surface area contributed by atoms with E-state index in [1.54, 1.807) is 6.92 Å². The van der Waals surface area contributed by atoms with E-state index in [-0.39, 0.29) is 18.1 Å². The molecule has 0 aliphatic carbocycles. The monoisotopic (exact) mass is 229 g/mol. The Balaban J connectivity index is 2.02. The van der Waals surface area contributed by atoms with Crippen LogP contribution >= 0.6 is 0 Å². The Labute approximate surface area is 97.4 Å². The van der Waals surface area contributed by atoms with Crippen LogP contribution in [0.4, 0.5) is 0 Å². The van der Waals surface area contributed by atoms with Gasteiger partial charge in [0, 0.05) is 13.0 Å². The average Bonchev–Trinajstić information content (AvgIpc) is 2.61. The van der Waals surface area contributed by atoms with Gasteiger partial charge in [0.25, 0.3) is 0 Å². The summed E-state index contributed by atoms with van der Waals surface area (Å²) in [5, 5.41) is 11.8. The molecule has 0 aromatic rings. The minimum atomic E-state index is -0.348. The van der Waals surface area contributed by atoms with Crippen molar-refractivity contribution in [3.05, 3.63) is 0 Å². The zero-order valence-corrected chi connectivity index (χ0v) is 10.2. The molecule has 3 atom stereocenters. The smallest absolute Gasteiger partial charge is 0.220 e. The molecule has 0 aromatic heterocycles. The Hall–Kier alpha value is -0.610. The van der Waals surface area contributed by atoms with E-state index in [0.29, 0.717) is 25.5 Å². The van der Waals surface area contributed by atoms with Crippen LogP contribution in [0.25, 0.3) is 0 Å². The molecule has 0 bridgehead atoms. The van der Waals surface area contributed by atoms with Gasteiger partial charge in [-0.2, -0.15) is 0 Å². The first-order valence-electron chi connectivity index (χ1n) is 6.18. The number of hydrogen-bond donors (Lipinski definition) is 2. The van der Waals surface area contributed by atoms with Gasteiger partial charge in [-0.1, -0.05) is 0 Å². The van der Waals surface area contributed by atoms with Gasteiger partial charge in [0.1, 0.15) is 0 Å². The summed E-state index contributed by atoms with van der Waals surface area (Å²) in [4.78, 5) is 11.4. The fourth-order valence-corrected chi connectivity index (χ4v) is 1.90. The lowest BCUT2D eigenvalue weighted by atomic mass is 10.1. The van der Waals surface area contributed by atoms with Crippen LogP contribution in [-0.4, -0.2) is 35.9 Å². The maximum Gasteiger partial charge on any atom is 0.220 e. The molecule has 1 aliphatic heterocycles. The van der Waals surface area contributed by atoms with Crippen molar-refractivity contribution in [2.45, 2.75) is 64.3 Å². The average molecular weight is 229 g/mol. The van der Waals surface area contributed by atoms with Gasteiger partial charge in [-0.25, -0.2) is 0 Å². The molecule has 1 saturated heterocycles. The van der Waals surface area contributed by atoms with Crippen molar-refractivity contribution >= 4 is 5.91 Å². The molecule has 1 heterocycles. The van der Waals surface area contributed by atoms with Crippen molar-refractivity contribution in [2.24, 2.45) is 0 Å². The highest BCUT2D eigenvalue weighted by Crippen LogP contribution is 2.22. The standard InChI is InChI=1S/C12H23NO3/c1-9(14)7-8-13-12(15)6-5-11-4-3-10(2)16-11/h9-11,14H,3-8H2,1-2H3,(H,13,15). The van der Waals surface area contributed by atoms with E-state index in [1.165, 1.54) is 0 Å². The number of aliphatic hydroxyl groups is 1. The molecule has 3 unspecified atom stereocenters. The van der Waals surface area contributed by atoms with E-state index in [2.05, 4.69) is 12.2 Å². The molecular weight excluding hydrogens is 206 g/mol. The van der Waals surface area contributed by atoms with E-state index in [0.717, 1.165) is 19.3 Å². The summed E-state index contributed by atoms with van der Waals surface area (Å²) in [6, 6.07) is 0. The van der Waals surface area contributed by atoms with Gasteiger partial charge in [-0.3, -0.25) is 4.79 Å². The van der Waals surface area contributed by atoms with Crippen LogP contribution in [-0.2, 0) is 9.53 Å². The fourth-order valence-electron chi connectivity index (χ4n) is 1.90. The third-order valence-corrected chi connectivity index (χ3v) is 2.90. The number of nitrogens with one attached hydrogen (secondary N) is 1. The molecule has 1 aliphatic rings. The highest BCUT2D eigenvalue weighted by Gasteiger charge is 2.21. The molecule has 94 valence electrons. The molecule has 0 spiro atoms. The lowest BCUT2D eigenvalue weighted by Crippen LogP contribution is -2.27. The normalized spacial score (nSPS) is 26.7. The van der Waals surface area contributed by atoms with Crippen molar-refractivity contribution in [1.29, 1.82) is 0 Å². The van der Waals surface area contributed by atoms with Gasteiger partial charge in [0.15, 0.2) is 0 Å². The second-order valence-corrected chi connectivity index (χ2v) is 4.67. The number of ether oxygens (including phenoxy) is 1. The van der Waals surface area contributed by atoms with Crippen LogP contribution < -0.4 is 5.32 Å². The minimum Gasteiger partial charge on any atom is -0.393 e. The quantitative estimate of drug-likeness (QED) is 0.720. The SMILES string of the molecule is CC(O)CCNC(=O)CCC1CCC(C)O1. The zero-order chi connectivity index (χ0) is 12.0. The van der Waals surface area contributed by atoms with Gasteiger partial charge in [-0.15, -0.1) is 0 Å². The molecule has 4 nitrogen and oxygen atoms in total. The molecule has 2 N–H and O–H groups in total. The van der Waals surface area contributed by atoms with E-state index in [4.69, 9.17) is 9.84 Å². The molecule has 1 amide bonds. The Kier molecular flexibility index (Phi) is 5.77. The van der Waals surface area contributed by atoms with E-state index < -0.39 is 0 Å². The fraction of sp³-hybridized carbons (Fsp3) is 0.917. The number of carbonyl (C=O) groups is 1. The summed E-state index contributed by atoms with van der Waals surface area (Å²) in [7, 11) is 0. The maximum absolute atomic E-state index is 11.4. The molecule has 1 fully saturated rings. The Morgan fingerprint density at radius 2 is 2.31 bits per heavy atom. The minimum absolute atomic E-state index is 0.0591. The topological polar surface area (TPSA) is 58.6 Å². The largest absolute Gasteiger partial charge is 0.393 e. The van der Waals surface area contributed by atoms with E-state index in [1.807, 2.05) is 0 Å². The summed E-state index contributed by atoms with van der Waals surface area (Å²) in [5.74, 6) is 0.0591. The third-order valence-electron chi connectivity index (χ3n) is 2.90. The van der Waals surface area contributed by atoms with E-state index in [9.17, 15) is 4.79 Å². The third kappa shape index (κ3) is 5.47. The van der Waals surface area contributed by atoms with Gasteiger partial charge >= 0.3 is 0 Å². The van der Waals surface area contributed by atoms with E-state index >= 15 is 0 Å². The van der Waals surface area contributed by atoms with Crippen molar-refractivity contribution in [3.63, 3.8) is 0 Å². The first kappa shape index (κ1) is 13.5. The van der Waals surface area contributed by atoms with Crippen LogP contribution in [0, 0.1) is 0 Å². The Morgan fingerprint density at radius 3 is 2.88 bits per heavy atom. The summed E-state index contributed by atoms with van der Waals surface area (Å²) in [6.07, 6.45) is 4.39. The number of amides is 1. The van der Waals surface area contributed by atoms with Gasteiger partial charge < -0.3 is 15.2 Å². The van der Waals surface area contributed by atoms with Crippen LogP contribution in [0.2, 0.25) is 0 Å². The van der Waals surface area contributed by atoms with Crippen LogP contribution in [0.5, 0.6) is 0 Å². The zero-order valence-electron chi connectivity index (χ0n) is 10.2. The predicted molar refractivity (Wildman–Crippen MR) is 62.1 cm³/mol. The second-order valence-electron chi connectivity index (χ2n) is 4.67. The highest BCUT2D eigenvalue weighted by molar-refractivity contribution is 5.75. The molecule has 4 heteroatoms. The van der Waals surface area contributed by atoms with Crippen LogP contribution in [0.3, 0.4) is 0 Å². The second kappa shape index (κ2) is 6.86. The van der Waals surface area contributed by atoms with Gasteiger partial charge in [0.2, 0.25) is 5.91 Å². The first-order valence-corrected chi connectivity index (χ1v) is 6.18. The number of carbonyl (C=O) groups excluding carboxylic acids is 1. The number of hydrogen-bond acceptors (Lipinski definition) is 3. The molecule has 16 heavy (non-hydrogen) atoms. The highest BCUT2D eigenvalue weighted by atomic mass is 16.5. The van der Waals surface area contributed by atoms with Crippen molar-refractivity contribution in [1.82, 2.24) is 5.32 Å². The van der Waals surface area contributed by atoms with Crippen molar-refractivity contribution in [3.8, 4) is 0 Å². The molecule has 0 aromatic carbocycles. The van der Waals surface area contributed by atoms with Crippen molar-refractivity contribution < 1.29 is 14.6 Å². The Bertz CT molecular complexity index is 218. The lowest BCUT2D eigenvalue weighted by molar-refractivity contribution is -0.121. The molecule has 0 radical (unpaired) electrons. The molecule has 1 rings (SSSR count). The van der Waals surface area contributed by atoms with Crippen LogP contribution in [0.15, 0.2) is 0 Å². The Morgan fingerprint density at radius 1 is 1.56 bits per heavy atom. The summed E-state index contributed by atoms with van der Waals surface area (Å²) in [5.41, 5.74) is 0. The maximum atomic E-state index is 11.4. The summed E-state index contributed by atoms with van der Waals surface area (Å²) >= 11 is 0. The summed E-state index contributed by atoms with van der Waals surface area (Å²) < 4.78 is 5.63. The van der Waals surface area contributed by atoms with Gasteiger partial charge in [-0.05, 0) is 39.5 Å².